The highest BCUT2D eigenvalue weighted by Crippen LogP contribution is 2.38. The van der Waals surface area contributed by atoms with Gasteiger partial charge >= 0.3 is 0 Å². The predicted molar refractivity (Wildman–Crippen MR) is 72.8 cm³/mol. The number of hydrogen-bond acceptors (Lipinski definition) is 3. The fourth-order valence-corrected chi connectivity index (χ4v) is 2.41. The van der Waals surface area contributed by atoms with Crippen molar-refractivity contribution in [1.29, 1.82) is 5.26 Å². The Morgan fingerprint density at radius 1 is 1.37 bits per heavy atom. The topological polar surface area (TPSA) is 62.1 Å². The summed E-state index contributed by atoms with van der Waals surface area (Å²) in [5.74, 6) is 0.724. The molecule has 0 saturated heterocycles. The number of carbonyl (C=O) groups is 1. The molecule has 1 N–H and O–H groups in total. The number of carbonyl (C=O) groups excluding carboxylic acids is 1. The van der Waals surface area contributed by atoms with Crippen molar-refractivity contribution < 1.29 is 9.53 Å². The van der Waals surface area contributed by atoms with Gasteiger partial charge in [-0.2, -0.15) is 5.26 Å². The number of hydrogen-bond donors (Lipinski definition) is 1. The van der Waals surface area contributed by atoms with Crippen LogP contribution in [-0.2, 0) is 4.79 Å². The minimum Gasteiger partial charge on any atom is -0.479 e. The molecule has 1 aliphatic rings. The third kappa shape index (κ3) is 3.25. The monoisotopic (exact) mass is 258 g/mol. The van der Waals surface area contributed by atoms with Crippen molar-refractivity contribution in [1.82, 2.24) is 0 Å². The van der Waals surface area contributed by atoms with Gasteiger partial charge in [-0.3, -0.25) is 4.79 Å². The Labute approximate surface area is 113 Å². The zero-order chi connectivity index (χ0) is 13.7. The normalized spacial score (nSPS) is 16.6. The number of nitrogens with one attached hydrogen (secondary N) is 1. The number of ether oxygens (including phenoxy) is 1. The summed E-state index contributed by atoms with van der Waals surface area (Å²) in [7, 11) is 0. The zero-order valence-corrected chi connectivity index (χ0v) is 11.1. The Balaban J connectivity index is 1.96. The molecule has 0 atom stereocenters. The summed E-state index contributed by atoms with van der Waals surface area (Å²) in [6, 6.07) is 9.01. The van der Waals surface area contributed by atoms with Gasteiger partial charge in [0, 0.05) is 11.1 Å². The molecule has 1 aliphatic carbocycles. The van der Waals surface area contributed by atoms with E-state index in [4.69, 9.17) is 10.00 Å². The van der Waals surface area contributed by atoms with E-state index in [9.17, 15) is 4.79 Å². The molecule has 0 heterocycles. The van der Waals surface area contributed by atoms with Crippen LogP contribution in [0.1, 0.15) is 32.6 Å². The quantitative estimate of drug-likeness (QED) is 0.902. The van der Waals surface area contributed by atoms with Crippen molar-refractivity contribution >= 4 is 11.6 Å². The van der Waals surface area contributed by atoms with Crippen LogP contribution in [-0.4, -0.2) is 12.5 Å². The fourth-order valence-electron chi connectivity index (χ4n) is 2.41. The summed E-state index contributed by atoms with van der Waals surface area (Å²) in [5, 5.41) is 11.4. The van der Waals surface area contributed by atoms with Gasteiger partial charge in [-0.15, -0.1) is 0 Å². The lowest BCUT2D eigenvalue weighted by Gasteiger charge is -2.22. The molecule has 0 spiro atoms. The molecule has 1 amide bonds. The van der Waals surface area contributed by atoms with Crippen LogP contribution in [0.4, 0.5) is 5.69 Å². The van der Waals surface area contributed by atoms with Gasteiger partial charge in [0.15, 0.2) is 6.61 Å². The van der Waals surface area contributed by atoms with E-state index >= 15 is 0 Å². The van der Waals surface area contributed by atoms with E-state index in [0.29, 0.717) is 5.75 Å². The second-order valence-corrected chi connectivity index (χ2v) is 5.19. The standard InChI is InChI=1S/C15H18N2O2/c1-15(8-2-3-9-15)14(18)17-12-4-6-13(7-5-12)19-11-10-16/h4-7H,2-3,8-9,11H2,1H3,(H,17,18). The molecule has 0 aromatic heterocycles. The lowest BCUT2D eigenvalue weighted by Crippen LogP contribution is -2.30. The number of nitrogens with zero attached hydrogens (tertiary/aromatic N) is 1. The molecule has 4 nitrogen and oxygen atoms in total. The van der Waals surface area contributed by atoms with Gasteiger partial charge in [0.2, 0.25) is 5.91 Å². The number of amides is 1. The van der Waals surface area contributed by atoms with Gasteiger partial charge in [-0.1, -0.05) is 19.8 Å². The van der Waals surface area contributed by atoms with Crippen molar-refractivity contribution in [2.75, 3.05) is 11.9 Å². The van der Waals surface area contributed by atoms with Gasteiger partial charge in [0.1, 0.15) is 11.8 Å². The SMILES string of the molecule is CC1(C(=O)Nc2ccc(OCC#N)cc2)CCCC1. The zero-order valence-electron chi connectivity index (χ0n) is 11.1. The molecular weight excluding hydrogens is 240 g/mol. The molecule has 0 radical (unpaired) electrons. The molecule has 1 aromatic rings. The van der Waals surface area contributed by atoms with Crippen molar-refractivity contribution in [3.05, 3.63) is 24.3 Å². The second-order valence-electron chi connectivity index (χ2n) is 5.19. The maximum atomic E-state index is 12.2. The highest BCUT2D eigenvalue weighted by molar-refractivity contribution is 5.95. The maximum absolute atomic E-state index is 12.2. The van der Waals surface area contributed by atoms with Crippen LogP contribution in [0.3, 0.4) is 0 Å². The minimum atomic E-state index is -0.226. The molecule has 0 bridgehead atoms. The van der Waals surface area contributed by atoms with Crippen molar-refractivity contribution in [3.8, 4) is 11.8 Å². The Morgan fingerprint density at radius 3 is 2.58 bits per heavy atom. The van der Waals surface area contributed by atoms with E-state index in [2.05, 4.69) is 5.32 Å². The molecule has 19 heavy (non-hydrogen) atoms. The predicted octanol–water partition coefficient (Wildman–Crippen LogP) is 3.11. The molecule has 2 rings (SSSR count). The molecule has 1 aromatic carbocycles. The van der Waals surface area contributed by atoms with Crippen LogP contribution in [0.25, 0.3) is 0 Å². The van der Waals surface area contributed by atoms with E-state index in [1.54, 1.807) is 24.3 Å². The van der Waals surface area contributed by atoms with Gasteiger partial charge in [0.05, 0.1) is 0 Å². The van der Waals surface area contributed by atoms with Crippen molar-refractivity contribution in [2.24, 2.45) is 5.41 Å². The number of benzene rings is 1. The Kier molecular flexibility index (Phi) is 4.06. The first-order valence-electron chi connectivity index (χ1n) is 6.55. The first-order valence-corrected chi connectivity index (χ1v) is 6.55. The van der Waals surface area contributed by atoms with E-state index < -0.39 is 0 Å². The van der Waals surface area contributed by atoms with Crippen LogP contribution < -0.4 is 10.1 Å². The Morgan fingerprint density at radius 2 is 2.00 bits per heavy atom. The molecule has 4 heteroatoms. The number of nitriles is 1. The van der Waals surface area contributed by atoms with Gasteiger partial charge < -0.3 is 10.1 Å². The highest BCUT2D eigenvalue weighted by Gasteiger charge is 2.36. The van der Waals surface area contributed by atoms with E-state index in [1.807, 2.05) is 13.0 Å². The molecule has 100 valence electrons. The van der Waals surface area contributed by atoms with E-state index in [-0.39, 0.29) is 17.9 Å². The highest BCUT2D eigenvalue weighted by atomic mass is 16.5. The van der Waals surface area contributed by atoms with Crippen LogP contribution in [0, 0.1) is 16.7 Å². The molecule has 1 fully saturated rings. The summed E-state index contributed by atoms with van der Waals surface area (Å²) < 4.78 is 5.16. The fraction of sp³-hybridized carbons (Fsp3) is 0.467. The maximum Gasteiger partial charge on any atom is 0.230 e. The first kappa shape index (κ1) is 13.4. The second kappa shape index (κ2) is 5.75. The average Bonchev–Trinajstić information content (AvgIpc) is 2.86. The minimum absolute atomic E-state index is 0.0315. The molecule has 0 aliphatic heterocycles. The van der Waals surface area contributed by atoms with Crippen LogP contribution in [0.5, 0.6) is 5.75 Å². The van der Waals surface area contributed by atoms with Crippen LogP contribution in [0.15, 0.2) is 24.3 Å². The van der Waals surface area contributed by atoms with Crippen molar-refractivity contribution in [2.45, 2.75) is 32.6 Å². The largest absolute Gasteiger partial charge is 0.479 e. The van der Waals surface area contributed by atoms with Crippen LogP contribution >= 0.6 is 0 Å². The summed E-state index contributed by atoms with van der Waals surface area (Å²) in [4.78, 5) is 12.2. The Bertz CT molecular complexity index is 482. The molecule has 0 unspecified atom stereocenters. The van der Waals surface area contributed by atoms with Gasteiger partial charge in [-0.25, -0.2) is 0 Å². The Hall–Kier alpha value is -2.02. The smallest absolute Gasteiger partial charge is 0.230 e. The third-order valence-electron chi connectivity index (χ3n) is 3.67. The first-order chi connectivity index (χ1) is 9.14. The lowest BCUT2D eigenvalue weighted by molar-refractivity contribution is -0.124. The molecular formula is C15H18N2O2. The number of anilines is 1. The average molecular weight is 258 g/mol. The van der Waals surface area contributed by atoms with Crippen LogP contribution in [0.2, 0.25) is 0 Å². The summed E-state index contributed by atoms with van der Waals surface area (Å²) in [5.41, 5.74) is 0.540. The van der Waals surface area contributed by atoms with Gasteiger partial charge in [-0.05, 0) is 37.1 Å². The van der Waals surface area contributed by atoms with E-state index in [0.717, 1.165) is 31.4 Å². The summed E-state index contributed by atoms with van der Waals surface area (Å²) in [6.07, 6.45) is 4.18. The van der Waals surface area contributed by atoms with E-state index in [1.165, 1.54) is 0 Å². The number of rotatable bonds is 4. The van der Waals surface area contributed by atoms with Gasteiger partial charge in [0.25, 0.3) is 0 Å². The summed E-state index contributed by atoms with van der Waals surface area (Å²) >= 11 is 0. The third-order valence-corrected chi connectivity index (χ3v) is 3.67. The summed E-state index contributed by atoms with van der Waals surface area (Å²) in [6.45, 7) is 2.06. The molecule has 1 saturated carbocycles. The lowest BCUT2D eigenvalue weighted by atomic mass is 9.88. The van der Waals surface area contributed by atoms with Crippen molar-refractivity contribution in [3.63, 3.8) is 0 Å².